The maximum absolute atomic E-state index is 10.8. The van der Waals surface area contributed by atoms with Crippen molar-refractivity contribution in [1.29, 1.82) is 0 Å². The molecule has 0 aliphatic rings. The quantitative estimate of drug-likeness (QED) is 0.456. The second kappa shape index (κ2) is 9.00. The van der Waals surface area contributed by atoms with Gasteiger partial charge < -0.3 is 13.3 Å². The number of hydrogen-bond donors (Lipinski definition) is 1. The summed E-state index contributed by atoms with van der Waals surface area (Å²) in [6.45, 7) is 7.27. The lowest BCUT2D eigenvalue weighted by atomic mass is 10.4. The van der Waals surface area contributed by atoms with E-state index in [-0.39, 0.29) is 5.75 Å². The van der Waals surface area contributed by atoms with E-state index in [1.807, 2.05) is 20.8 Å². The average Bonchev–Trinajstić information content (AvgIpc) is 2.24. The lowest BCUT2D eigenvalue weighted by molar-refractivity contribution is 0.0708. The summed E-state index contributed by atoms with van der Waals surface area (Å²) in [5.74, 6) is -0.0120. The van der Waals surface area contributed by atoms with Gasteiger partial charge in [0.05, 0.1) is 5.75 Å². The molecule has 0 saturated heterocycles. The molecule has 0 aromatic heterocycles. The van der Waals surface area contributed by atoms with Crippen LogP contribution in [0.25, 0.3) is 0 Å². The van der Waals surface area contributed by atoms with Gasteiger partial charge in [-0.25, -0.2) is 13.6 Å². The van der Waals surface area contributed by atoms with E-state index in [0.717, 1.165) is 0 Å². The van der Waals surface area contributed by atoms with Crippen LogP contribution in [0.1, 0.15) is 33.6 Å². The van der Waals surface area contributed by atoms with Crippen molar-refractivity contribution in [1.82, 2.24) is 0 Å². The third-order valence-corrected chi connectivity index (χ3v) is 6.26. The van der Waals surface area contributed by atoms with E-state index < -0.39 is 18.8 Å². The van der Waals surface area contributed by atoms with Gasteiger partial charge in [0.15, 0.2) is 0 Å². The van der Waals surface area contributed by atoms with Crippen molar-refractivity contribution < 1.29 is 21.7 Å². The van der Waals surface area contributed by atoms with Crippen LogP contribution in [0.5, 0.6) is 0 Å². The lowest BCUT2D eigenvalue weighted by Gasteiger charge is -2.28. The Morgan fingerprint density at radius 3 is 1.72 bits per heavy atom. The zero-order chi connectivity index (χ0) is 14.1. The Morgan fingerprint density at radius 2 is 1.39 bits per heavy atom. The van der Waals surface area contributed by atoms with Crippen LogP contribution in [0.2, 0.25) is 6.04 Å². The maximum Gasteiger partial charge on any atom is 0.500 e. The van der Waals surface area contributed by atoms with Gasteiger partial charge in [-0.1, -0.05) is 0 Å². The Morgan fingerprint density at radius 1 is 0.944 bits per heavy atom. The first kappa shape index (κ1) is 18.0. The van der Waals surface area contributed by atoms with E-state index in [1.165, 1.54) is 0 Å². The van der Waals surface area contributed by atoms with E-state index in [9.17, 15) is 8.42 Å². The topological polar surface area (TPSA) is 87.9 Å². The Kier molecular flexibility index (Phi) is 9.00. The van der Waals surface area contributed by atoms with Crippen LogP contribution >= 0.6 is 0 Å². The minimum absolute atomic E-state index is 0.0120. The Bertz CT molecular complexity index is 292. The van der Waals surface area contributed by atoms with Crippen molar-refractivity contribution in [3.63, 3.8) is 0 Å². The van der Waals surface area contributed by atoms with Crippen molar-refractivity contribution >= 4 is 18.8 Å². The van der Waals surface area contributed by atoms with Gasteiger partial charge >= 0.3 is 8.80 Å². The smallest absolute Gasteiger partial charge is 0.374 e. The summed E-state index contributed by atoms with van der Waals surface area (Å²) >= 11 is 0. The summed E-state index contributed by atoms with van der Waals surface area (Å²) in [6.07, 6.45) is 1.17. The van der Waals surface area contributed by atoms with Crippen molar-refractivity contribution in [3.05, 3.63) is 0 Å². The van der Waals surface area contributed by atoms with E-state index in [1.54, 1.807) is 0 Å². The molecule has 0 fully saturated rings. The summed E-state index contributed by atoms with van der Waals surface area (Å²) in [7, 11) is -6.01. The molecular formula is C10H25NO5SSi. The van der Waals surface area contributed by atoms with Gasteiger partial charge in [0.2, 0.25) is 10.0 Å². The highest BCUT2D eigenvalue weighted by molar-refractivity contribution is 7.89. The molecule has 18 heavy (non-hydrogen) atoms. The van der Waals surface area contributed by atoms with Crippen LogP contribution in [0, 0.1) is 0 Å². The van der Waals surface area contributed by atoms with Gasteiger partial charge in [0.1, 0.15) is 0 Å². The molecule has 0 aromatic rings. The van der Waals surface area contributed by atoms with Crippen LogP contribution in [0.4, 0.5) is 0 Å². The molecule has 0 bridgehead atoms. The summed E-state index contributed by atoms with van der Waals surface area (Å²) in [5.41, 5.74) is 0. The van der Waals surface area contributed by atoms with Gasteiger partial charge in [-0.05, 0) is 33.6 Å². The SMILES string of the molecule is CCO[Si](CCCCS(N)(=O)=O)(OCC)OCC. The molecule has 0 spiro atoms. The molecule has 0 amide bonds. The third kappa shape index (κ3) is 8.17. The molecular weight excluding hydrogens is 274 g/mol. The van der Waals surface area contributed by atoms with Crippen molar-refractivity contribution in [2.24, 2.45) is 5.14 Å². The molecule has 0 radical (unpaired) electrons. The average molecular weight is 299 g/mol. The zero-order valence-corrected chi connectivity index (χ0v) is 13.3. The molecule has 0 aromatic carbocycles. The second-order valence-corrected chi connectivity index (χ2v) is 8.27. The van der Waals surface area contributed by atoms with Gasteiger partial charge in [0.25, 0.3) is 0 Å². The monoisotopic (exact) mass is 299 g/mol. The lowest BCUT2D eigenvalue weighted by Crippen LogP contribution is -2.46. The first-order chi connectivity index (χ1) is 8.39. The van der Waals surface area contributed by atoms with Gasteiger partial charge in [-0.2, -0.15) is 0 Å². The first-order valence-corrected chi connectivity index (χ1v) is 9.96. The normalized spacial score (nSPS) is 12.9. The molecule has 0 aliphatic heterocycles. The molecule has 0 rings (SSSR count). The van der Waals surface area contributed by atoms with Crippen LogP contribution in [-0.4, -0.2) is 42.8 Å². The van der Waals surface area contributed by atoms with E-state index in [0.29, 0.717) is 38.7 Å². The fraction of sp³-hybridized carbons (Fsp3) is 1.00. The summed E-state index contributed by atoms with van der Waals surface area (Å²) in [5, 5.41) is 4.95. The standard InChI is InChI=1S/C10H25NO5SSi/c1-4-14-18(15-5-2,16-6-3)10-8-7-9-17(11,12)13/h4-10H2,1-3H3,(H2,11,12,13). The molecule has 8 heteroatoms. The highest BCUT2D eigenvalue weighted by atomic mass is 32.2. The predicted molar refractivity (Wildman–Crippen MR) is 72.6 cm³/mol. The van der Waals surface area contributed by atoms with Gasteiger partial charge in [0, 0.05) is 25.9 Å². The van der Waals surface area contributed by atoms with E-state index in [2.05, 4.69) is 0 Å². The molecule has 0 aliphatic carbocycles. The Labute approximate surface area is 111 Å². The van der Waals surface area contributed by atoms with Gasteiger partial charge in [-0.3, -0.25) is 0 Å². The molecule has 0 saturated carbocycles. The molecule has 0 atom stereocenters. The molecule has 2 N–H and O–H groups in total. The highest BCUT2D eigenvalue weighted by Gasteiger charge is 2.39. The first-order valence-electron chi connectivity index (χ1n) is 6.31. The summed E-state index contributed by atoms with van der Waals surface area (Å²) in [6, 6.07) is 0.623. The zero-order valence-electron chi connectivity index (χ0n) is 11.5. The summed E-state index contributed by atoms with van der Waals surface area (Å²) < 4.78 is 38.6. The molecule has 0 unspecified atom stereocenters. The van der Waals surface area contributed by atoms with Crippen LogP contribution in [0.3, 0.4) is 0 Å². The van der Waals surface area contributed by atoms with E-state index >= 15 is 0 Å². The van der Waals surface area contributed by atoms with Crippen molar-refractivity contribution in [2.45, 2.75) is 39.7 Å². The largest absolute Gasteiger partial charge is 0.500 e. The van der Waals surface area contributed by atoms with E-state index in [4.69, 9.17) is 18.4 Å². The number of hydrogen-bond acceptors (Lipinski definition) is 5. The minimum atomic E-state index is -3.39. The maximum atomic E-state index is 10.8. The van der Waals surface area contributed by atoms with Gasteiger partial charge in [-0.15, -0.1) is 0 Å². The fourth-order valence-electron chi connectivity index (χ4n) is 1.65. The number of rotatable bonds is 11. The van der Waals surface area contributed by atoms with Crippen molar-refractivity contribution in [2.75, 3.05) is 25.6 Å². The molecule has 110 valence electrons. The predicted octanol–water partition coefficient (Wildman–Crippen LogP) is 1.10. The number of sulfonamides is 1. The second-order valence-electron chi connectivity index (χ2n) is 3.81. The number of primary sulfonamides is 1. The third-order valence-electron chi connectivity index (χ3n) is 2.25. The van der Waals surface area contributed by atoms with Crippen LogP contribution < -0.4 is 5.14 Å². The summed E-state index contributed by atoms with van der Waals surface area (Å²) in [4.78, 5) is 0. The van der Waals surface area contributed by atoms with Crippen LogP contribution in [-0.2, 0) is 23.3 Å². The fourth-order valence-corrected chi connectivity index (χ4v) is 4.94. The minimum Gasteiger partial charge on any atom is -0.374 e. The number of unbranched alkanes of at least 4 members (excludes halogenated alkanes) is 1. The molecule has 0 heterocycles. The number of nitrogens with two attached hydrogens (primary N) is 1. The van der Waals surface area contributed by atoms with Crippen molar-refractivity contribution in [3.8, 4) is 0 Å². The Balaban J connectivity index is 4.29. The molecule has 6 nitrogen and oxygen atoms in total. The highest BCUT2D eigenvalue weighted by Crippen LogP contribution is 2.19. The van der Waals surface area contributed by atoms with Crippen LogP contribution in [0.15, 0.2) is 0 Å². The Hall–Kier alpha value is 0.00688.